The van der Waals surface area contributed by atoms with Crippen molar-refractivity contribution in [3.8, 4) is 0 Å². The van der Waals surface area contributed by atoms with Crippen LogP contribution in [0.15, 0.2) is 48.5 Å². The molecule has 2 aromatic carbocycles. The van der Waals surface area contributed by atoms with Crippen LogP contribution in [0.1, 0.15) is 21.5 Å². The summed E-state index contributed by atoms with van der Waals surface area (Å²) in [6.45, 7) is 2.24. The number of anilines is 1. The van der Waals surface area contributed by atoms with Crippen molar-refractivity contribution in [2.45, 2.75) is 13.3 Å². The largest absolute Gasteiger partial charge is 0.462 e. The maximum Gasteiger partial charge on any atom is 0.338 e. The van der Waals surface area contributed by atoms with Crippen LogP contribution in [0.2, 0.25) is 0 Å². The summed E-state index contributed by atoms with van der Waals surface area (Å²) in [5.74, 6) is -0.319. The summed E-state index contributed by atoms with van der Waals surface area (Å²) in [7, 11) is 0. The molecule has 19 heavy (non-hydrogen) atoms. The molecule has 0 aliphatic heterocycles. The number of hydrogen-bond acceptors (Lipinski definition) is 3. The average Bonchev–Trinajstić information content (AvgIpc) is 2.42. The topological polar surface area (TPSA) is 52.3 Å². The van der Waals surface area contributed by atoms with Crippen LogP contribution >= 0.6 is 0 Å². The van der Waals surface area contributed by atoms with Crippen molar-refractivity contribution in [2.75, 3.05) is 12.3 Å². The number of carbonyl (C=O) groups excluding carboxylic acids is 1. The molecule has 3 heteroatoms. The van der Waals surface area contributed by atoms with Crippen molar-refractivity contribution >= 4 is 11.7 Å². The van der Waals surface area contributed by atoms with Crippen LogP contribution in [0.5, 0.6) is 0 Å². The predicted molar refractivity (Wildman–Crippen MR) is 76.0 cm³/mol. The van der Waals surface area contributed by atoms with E-state index in [4.69, 9.17) is 10.5 Å². The molecule has 0 radical (unpaired) electrons. The number of esters is 1. The number of benzene rings is 2. The van der Waals surface area contributed by atoms with Crippen molar-refractivity contribution in [2.24, 2.45) is 0 Å². The van der Waals surface area contributed by atoms with Gasteiger partial charge in [0.2, 0.25) is 0 Å². The van der Waals surface area contributed by atoms with Gasteiger partial charge in [-0.05, 0) is 30.2 Å². The molecule has 0 aliphatic rings. The fourth-order valence-electron chi connectivity index (χ4n) is 1.84. The quantitative estimate of drug-likeness (QED) is 0.675. The fraction of sp³-hybridized carbons (Fsp3) is 0.188. The first kappa shape index (κ1) is 13.1. The van der Waals surface area contributed by atoms with E-state index in [9.17, 15) is 4.79 Å². The third-order valence-corrected chi connectivity index (χ3v) is 2.95. The number of nitrogen functional groups attached to an aromatic ring is 1. The van der Waals surface area contributed by atoms with Crippen molar-refractivity contribution in [3.05, 3.63) is 65.2 Å². The lowest BCUT2D eigenvalue weighted by Crippen LogP contribution is -2.10. The highest BCUT2D eigenvalue weighted by atomic mass is 16.5. The first-order valence-corrected chi connectivity index (χ1v) is 6.24. The van der Waals surface area contributed by atoms with Crippen molar-refractivity contribution in [1.29, 1.82) is 0 Å². The number of carbonyl (C=O) groups is 1. The summed E-state index contributed by atoms with van der Waals surface area (Å²) in [4.78, 5) is 11.9. The molecule has 0 heterocycles. The van der Waals surface area contributed by atoms with E-state index in [2.05, 4.69) is 0 Å². The molecule has 0 aliphatic carbocycles. The summed E-state index contributed by atoms with van der Waals surface area (Å²) in [6, 6.07) is 15.2. The van der Waals surface area contributed by atoms with E-state index in [1.807, 2.05) is 43.3 Å². The highest BCUT2D eigenvalue weighted by Crippen LogP contribution is 2.14. The van der Waals surface area contributed by atoms with Gasteiger partial charge in [-0.15, -0.1) is 0 Å². The second-order valence-electron chi connectivity index (χ2n) is 4.45. The lowest BCUT2D eigenvalue weighted by molar-refractivity contribution is 0.0508. The maximum atomic E-state index is 11.9. The normalized spacial score (nSPS) is 10.2. The zero-order chi connectivity index (χ0) is 13.7. The van der Waals surface area contributed by atoms with Crippen LogP contribution < -0.4 is 5.73 Å². The SMILES string of the molecule is Cc1ccc(N)cc1C(=O)OCCc1ccccc1. The minimum Gasteiger partial charge on any atom is -0.462 e. The second kappa shape index (κ2) is 6.05. The van der Waals surface area contributed by atoms with Gasteiger partial charge in [-0.1, -0.05) is 36.4 Å². The van der Waals surface area contributed by atoms with Crippen LogP contribution in [0, 0.1) is 6.92 Å². The predicted octanol–water partition coefficient (Wildman–Crippen LogP) is 2.98. The third kappa shape index (κ3) is 3.58. The van der Waals surface area contributed by atoms with Gasteiger partial charge in [-0.3, -0.25) is 0 Å². The third-order valence-electron chi connectivity index (χ3n) is 2.95. The smallest absolute Gasteiger partial charge is 0.338 e. The van der Waals surface area contributed by atoms with Crippen molar-refractivity contribution < 1.29 is 9.53 Å². The van der Waals surface area contributed by atoms with Gasteiger partial charge in [-0.2, -0.15) is 0 Å². The number of rotatable bonds is 4. The molecule has 0 aromatic heterocycles. The van der Waals surface area contributed by atoms with E-state index in [0.717, 1.165) is 11.1 Å². The standard InChI is InChI=1S/C16H17NO2/c1-12-7-8-14(17)11-15(12)16(18)19-10-9-13-5-3-2-4-6-13/h2-8,11H,9-10,17H2,1H3. The number of aryl methyl sites for hydroxylation is 1. The first-order chi connectivity index (χ1) is 9.16. The van der Waals surface area contributed by atoms with Gasteiger partial charge < -0.3 is 10.5 Å². The molecule has 98 valence electrons. The zero-order valence-corrected chi connectivity index (χ0v) is 10.9. The van der Waals surface area contributed by atoms with E-state index < -0.39 is 0 Å². The molecule has 2 rings (SSSR count). The molecular formula is C16H17NO2. The summed E-state index contributed by atoms with van der Waals surface area (Å²) in [5.41, 5.74) is 8.81. The monoisotopic (exact) mass is 255 g/mol. The van der Waals surface area contributed by atoms with E-state index in [1.54, 1.807) is 12.1 Å². The summed E-state index contributed by atoms with van der Waals surface area (Å²) < 4.78 is 5.27. The van der Waals surface area contributed by atoms with E-state index >= 15 is 0 Å². The highest BCUT2D eigenvalue weighted by Gasteiger charge is 2.10. The Bertz CT molecular complexity index is 564. The zero-order valence-electron chi connectivity index (χ0n) is 10.9. The minimum atomic E-state index is -0.319. The molecule has 0 saturated heterocycles. The van der Waals surface area contributed by atoms with Gasteiger partial charge in [0.05, 0.1) is 12.2 Å². The Labute approximate surface area is 113 Å². The van der Waals surface area contributed by atoms with Crippen LogP contribution in [-0.2, 0) is 11.2 Å². The fourth-order valence-corrected chi connectivity index (χ4v) is 1.84. The van der Waals surface area contributed by atoms with Crippen LogP contribution in [0.25, 0.3) is 0 Å². The lowest BCUT2D eigenvalue weighted by Gasteiger charge is -2.08. The molecule has 0 saturated carbocycles. The number of hydrogen-bond donors (Lipinski definition) is 1. The summed E-state index contributed by atoms with van der Waals surface area (Å²) in [5, 5.41) is 0. The average molecular weight is 255 g/mol. The van der Waals surface area contributed by atoms with Crippen molar-refractivity contribution in [1.82, 2.24) is 0 Å². The molecule has 0 unspecified atom stereocenters. The van der Waals surface area contributed by atoms with Crippen LogP contribution in [-0.4, -0.2) is 12.6 Å². The van der Waals surface area contributed by atoms with Gasteiger partial charge in [0.1, 0.15) is 0 Å². The molecule has 0 atom stereocenters. The molecule has 3 nitrogen and oxygen atoms in total. The summed E-state index contributed by atoms with van der Waals surface area (Å²) in [6.07, 6.45) is 0.716. The highest BCUT2D eigenvalue weighted by molar-refractivity contribution is 5.92. The van der Waals surface area contributed by atoms with E-state index in [1.165, 1.54) is 0 Å². The van der Waals surface area contributed by atoms with Gasteiger partial charge in [0, 0.05) is 12.1 Å². The number of nitrogens with two attached hydrogens (primary N) is 1. The Morgan fingerprint density at radius 2 is 1.89 bits per heavy atom. The van der Waals surface area contributed by atoms with Gasteiger partial charge in [0.15, 0.2) is 0 Å². The Morgan fingerprint density at radius 3 is 2.63 bits per heavy atom. The molecule has 0 spiro atoms. The molecule has 2 aromatic rings. The minimum absolute atomic E-state index is 0.319. The lowest BCUT2D eigenvalue weighted by atomic mass is 10.1. The Hall–Kier alpha value is -2.29. The Morgan fingerprint density at radius 1 is 1.16 bits per heavy atom. The molecule has 2 N–H and O–H groups in total. The molecule has 0 amide bonds. The second-order valence-corrected chi connectivity index (χ2v) is 4.45. The molecule has 0 fully saturated rings. The maximum absolute atomic E-state index is 11.9. The first-order valence-electron chi connectivity index (χ1n) is 6.24. The van der Waals surface area contributed by atoms with E-state index in [-0.39, 0.29) is 5.97 Å². The molecule has 0 bridgehead atoms. The Balaban J connectivity index is 1.93. The van der Waals surface area contributed by atoms with Crippen LogP contribution in [0.3, 0.4) is 0 Å². The summed E-state index contributed by atoms with van der Waals surface area (Å²) >= 11 is 0. The van der Waals surface area contributed by atoms with Gasteiger partial charge >= 0.3 is 5.97 Å². The number of ether oxygens (including phenoxy) is 1. The van der Waals surface area contributed by atoms with Crippen LogP contribution in [0.4, 0.5) is 5.69 Å². The van der Waals surface area contributed by atoms with Gasteiger partial charge in [-0.25, -0.2) is 4.79 Å². The van der Waals surface area contributed by atoms with Crippen molar-refractivity contribution in [3.63, 3.8) is 0 Å². The molecular weight excluding hydrogens is 238 g/mol. The van der Waals surface area contributed by atoms with E-state index in [0.29, 0.717) is 24.3 Å². The van der Waals surface area contributed by atoms with Gasteiger partial charge in [0.25, 0.3) is 0 Å². The Kier molecular flexibility index (Phi) is 4.18.